The Labute approximate surface area is 131 Å². The molecule has 0 aromatic rings. The first-order valence-corrected chi connectivity index (χ1v) is 9.78. The molecule has 0 saturated carbocycles. The van der Waals surface area contributed by atoms with Crippen LogP contribution in [0.15, 0.2) is 0 Å². The van der Waals surface area contributed by atoms with E-state index in [2.05, 4.69) is 12.2 Å². The zero-order valence-electron chi connectivity index (χ0n) is 14.1. The topological polar surface area (TPSA) is 52.7 Å². The number of nitrogens with zero attached hydrogens (tertiary/aromatic N) is 2. The zero-order valence-corrected chi connectivity index (χ0v) is 15.0. The Kier molecular flexibility index (Phi) is 8.16. The minimum atomic E-state index is -3.35. The molecule has 1 heterocycles. The van der Waals surface area contributed by atoms with Gasteiger partial charge in [-0.1, -0.05) is 26.2 Å². The van der Waals surface area contributed by atoms with Crippen molar-refractivity contribution in [1.82, 2.24) is 13.9 Å². The Hall–Kier alpha value is -0.170. The fourth-order valence-electron chi connectivity index (χ4n) is 3.01. The summed E-state index contributed by atoms with van der Waals surface area (Å²) >= 11 is 0. The van der Waals surface area contributed by atoms with Gasteiger partial charge in [0.15, 0.2) is 0 Å². The van der Waals surface area contributed by atoms with Crippen LogP contribution >= 0.6 is 0 Å². The lowest BCUT2D eigenvalue weighted by Gasteiger charge is -2.39. The van der Waals surface area contributed by atoms with E-state index in [1.165, 1.54) is 0 Å². The van der Waals surface area contributed by atoms with Gasteiger partial charge >= 0.3 is 0 Å². The molecule has 0 aliphatic carbocycles. The third-order valence-electron chi connectivity index (χ3n) is 4.16. The zero-order chi connectivity index (χ0) is 15.9. The van der Waals surface area contributed by atoms with Gasteiger partial charge in [0.2, 0.25) is 0 Å². The first-order chi connectivity index (χ1) is 9.95. The predicted molar refractivity (Wildman–Crippen MR) is 88.6 cm³/mol. The lowest BCUT2D eigenvalue weighted by atomic mass is 10.1. The highest BCUT2D eigenvalue weighted by Crippen LogP contribution is 2.24. The molecule has 0 spiro atoms. The molecule has 0 radical (unpaired) electrons. The number of hydrogen-bond acceptors (Lipinski definition) is 3. The highest BCUT2D eigenvalue weighted by molar-refractivity contribution is 7.86. The van der Waals surface area contributed by atoms with E-state index in [0.29, 0.717) is 13.1 Å². The molecule has 21 heavy (non-hydrogen) atoms. The maximum absolute atomic E-state index is 13.0. The van der Waals surface area contributed by atoms with Crippen molar-refractivity contribution in [1.29, 1.82) is 0 Å². The van der Waals surface area contributed by atoms with Crippen LogP contribution in [-0.4, -0.2) is 55.8 Å². The Morgan fingerprint density at radius 1 is 1.29 bits per heavy atom. The van der Waals surface area contributed by atoms with E-state index in [0.717, 1.165) is 45.1 Å². The van der Waals surface area contributed by atoms with Gasteiger partial charge in [0.05, 0.1) is 0 Å². The van der Waals surface area contributed by atoms with Crippen LogP contribution in [0, 0.1) is 0 Å². The average Bonchev–Trinajstić information content (AvgIpc) is 2.43. The van der Waals surface area contributed by atoms with Crippen LogP contribution in [0.4, 0.5) is 0 Å². The van der Waals surface area contributed by atoms with Crippen molar-refractivity contribution in [2.75, 3.05) is 26.7 Å². The summed E-state index contributed by atoms with van der Waals surface area (Å²) < 4.78 is 29.5. The maximum atomic E-state index is 13.0. The summed E-state index contributed by atoms with van der Waals surface area (Å²) in [6.45, 7) is 8.12. The standard InChI is InChI=1S/C15H33N3O2S/c1-5-6-8-11-17(14(2)3)21(19,20)18-12-9-7-10-15(18)13-16-4/h14-16H,5-13H2,1-4H3. The van der Waals surface area contributed by atoms with Crippen molar-refractivity contribution in [3.8, 4) is 0 Å². The predicted octanol–water partition coefficient (Wildman–Crippen LogP) is 2.21. The molecular formula is C15H33N3O2S. The van der Waals surface area contributed by atoms with E-state index in [1.807, 2.05) is 20.9 Å². The molecule has 0 bridgehead atoms. The van der Waals surface area contributed by atoms with Crippen LogP contribution in [0.3, 0.4) is 0 Å². The third-order valence-corrected chi connectivity index (χ3v) is 6.43. The van der Waals surface area contributed by atoms with Gasteiger partial charge in [-0.2, -0.15) is 17.0 Å². The average molecular weight is 320 g/mol. The molecular weight excluding hydrogens is 286 g/mol. The Morgan fingerprint density at radius 2 is 2.00 bits per heavy atom. The molecule has 1 aliphatic rings. The Morgan fingerprint density at radius 3 is 2.57 bits per heavy atom. The van der Waals surface area contributed by atoms with Gasteiger partial charge in [-0.25, -0.2) is 0 Å². The molecule has 1 rings (SSSR count). The van der Waals surface area contributed by atoms with Gasteiger partial charge in [0.25, 0.3) is 10.2 Å². The van der Waals surface area contributed by atoms with Gasteiger partial charge < -0.3 is 5.32 Å². The van der Waals surface area contributed by atoms with Crippen molar-refractivity contribution < 1.29 is 8.42 Å². The van der Waals surface area contributed by atoms with Gasteiger partial charge in [-0.15, -0.1) is 0 Å². The summed E-state index contributed by atoms with van der Waals surface area (Å²) in [4.78, 5) is 0. The monoisotopic (exact) mass is 319 g/mol. The fraction of sp³-hybridized carbons (Fsp3) is 1.00. The molecule has 0 aromatic heterocycles. The first-order valence-electron chi connectivity index (χ1n) is 8.38. The van der Waals surface area contributed by atoms with Crippen molar-refractivity contribution in [3.63, 3.8) is 0 Å². The summed E-state index contributed by atoms with van der Waals surface area (Å²) in [6, 6.07) is 0.116. The van der Waals surface area contributed by atoms with E-state index in [4.69, 9.17) is 0 Å². The molecule has 1 fully saturated rings. The number of nitrogens with one attached hydrogen (secondary N) is 1. The Balaban J connectivity index is 2.86. The lowest BCUT2D eigenvalue weighted by Crippen LogP contribution is -2.54. The van der Waals surface area contributed by atoms with Crippen LogP contribution in [0.1, 0.15) is 59.3 Å². The molecule has 1 saturated heterocycles. The molecule has 1 atom stereocenters. The number of rotatable bonds is 9. The minimum absolute atomic E-state index is 0.0176. The lowest BCUT2D eigenvalue weighted by molar-refractivity contribution is 0.219. The van der Waals surface area contributed by atoms with E-state index in [1.54, 1.807) is 8.61 Å². The molecule has 0 aromatic carbocycles. The van der Waals surface area contributed by atoms with Crippen LogP contribution in [0.25, 0.3) is 0 Å². The summed E-state index contributed by atoms with van der Waals surface area (Å²) in [5.74, 6) is 0. The highest BCUT2D eigenvalue weighted by atomic mass is 32.2. The van der Waals surface area contributed by atoms with Crippen LogP contribution in [0.2, 0.25) is 0 Å². The maximum Gasteiger partial charge on any atom is 0.282 e. The van der Waals surface area contributed by atoms with Crippen molar-refractivity contribution in [3.05, 3.63) is 0 Å². The highest BCUT2D eigenvalue weighted by Gasteiger charge is 2.36. The number of likely N-dealkylation sites (N-methyl/N-ethyl adjacent to an activating group) is 1. The SMILES string of the molecule is CCCCCN(C(C)C)S(=O)(=O)N1CCCCC1CNC. The van der Waals surface area contributed by atoms with E-state index >= 15 is 0 Å². The normalized spacial score (nSPS) is 21.3. The summed E-state index contributed by atoms with van der Waals surface area (Å²) in [7, 11) is -1.46. The molecule has 1 unspecified atom stereocenters. The van der Waals surface area contributed by atoms with Crippen LogP contribution in [-0.2, 0) is 10.2 Å². The van der Waals surface area contributed by atoms with Crippen molar-refractivity contribution >= 4 is 10.2 Å². The summed E-state index contributed by atoms with van der Waals surface area (Å²) in [5, 5.41) is 3.14. The van der Waals surface area contributed by atoms with Crippen LogP contribution in [0.5, 0.6) is 0 Å². The molecule has 1 aliphatic heterocycles. The second kappa shape index (κ2) is 9.08. The second-order valence-electron chi connectivity index (χ2n) is 6.24. The molecule has 1 N–H and O–H groups in total. The molecule has 6 heteroatoms. The summed E-state index contributed by atoms with van der Waals surface area (Å²) in [5.41, 5.74) is 0. The molecule has 5 nitrogen and oxygen atoms in total. The second-order valence-corrected chi connectivity index (χ2v) is 8.07. The van der Waals surface area contributed by atoms with Gasteiger partial charge in [-0.05, 0) is 40.2 Å². The fourth-order valence-corrected chi connectivity index (χ4v) is 5.09. The van der Waals surface area contributed by atoms with E-state index < -0.39 is 10.2 Å². The quantitative estimate of drug-likeness (QED) is 0.663. The van der Waals surface area contributed by atoms with Crippen molar-refractivity contribution in [2.24, 2.45) is 0 Å². The molecule has 126 valence electrons. The number of unbranched alkanes of at least 4 members (excludes halogenated alkanes) is 2. The van der Waals surface area contributed by atoms with Crippen molar-refractivity contribution in [2.45, 2.75) is 71.4 Å². The molecule has 0 amide bonds. The minimum Gasteiger partial charge on any atom is -0.318 e. The van der Waals surface area contributed by atoms with Gasteiger partial charge in [-0.3, -0.25) is 0 Å². The number of hydrogen-bond donors (Lipinski definition) is 1. The summed E-state index contributed by atoms with van der Waals surface area (Å²) in [6.07, 6.45) is 6.19. The van der Waals surface area contributed by atoms with Gasteiger partial charge in [0, 0.05) is 31.7 Å². The van der Waals surface area contributed by atoms with Crippen LogP contribution < -0.4 is 5.32 Å². The first kappa shape index (κ1) is 18.9. The smallest absolute Gasteiger partial charge is 0.282 e. The van der Waals surface area contributed by atoms with Gasteiger partial charge in [0.1, 0.15) is 0 Å². The number of piperidine rings is 1. The van der Waals surface area contributed by atoms with E-state index in [-0.39, 0.29) is 12.1 Å². The largest absolute Gasteiger partial charge is 0.318 e. The van der Waals surface area contributed by atoms with E-state index in [9.17, 15) is 8.42 Å². The third kappa shape index (κ3) is 5.20. The Bertz CT molecular complexity index is 382.